The van der Waals surface area contributed by atoms with Crippen molar-refractivity contribution in [1.82, 2.24) is 4.90 Å². The van der Waals surface area contributed by atoms with Gasteiger partial charge >= 0.3 is 0 Å². The molecule has 2 aromatic carbocycles. The van der Waals surface area contributed by atoms with Crippen molar-refractivity contribution in [3.63, 3.8) is 0 Å². The third-order valence-corrected chi connectivity index (χ3v) is 5.54. The Labute approximate surface area is 185 Å². The lowest BCUT2D eigenvalue weighted by atomic mass is 9.94. The number of aryl methyl sites for hydroxylation is 1. The molecule has 1 atom stereocenters. The van der Waals surface area contributed by atoms with Crippen LogP contribution in [-0.4, -0.2) is 41.0 Å². The van der Waals surface area contributed by atoms with Crippen molar-refractivity contribution >= 4 is 33.4 Å². The number of carbonyl (C=O) groups is 2. The molecule has 1 fully saturated rings. The summed E-state index contributed by atoms with van der Waals surface area (Å²) in [5.74, 6) is -1.41. The van der Waals surface area contributed by atoms with Crippen LogP contribution in [0, 0.1) is 6.92 Å². The molecule has 30 heavy (non-hydrogen) atoms. The monoisotopic (exact) mass is 471 g/mol. The second kappa shape index (κ2) is 9.58. The molecular weight excluding hydrogens is 446 g/mol. The van der Waals surface area contributed by atoms with Gasteiger partial charge in [-0.1, -0.05) is 57.9 Å². The third-order valence-electron chi connectivity index (χ3n) is 5.01. The fourth-order valence-electron chi connectivity index (χ4n) is 3.61. The summed E-state index contributed by atoms with van der Waals surface area (Å²) in [6.07, 6.45) is 0.705. The Balaban J connectivity index is 2.03. The number of rotatable bonds is 7. The average Bonchev–Trinajstić information content (AvgIpc) is 2.96. The summed E-state index contributed by atoms with van der Waals surface area (Å²) in [6.45, 7) is 6.73. The standard InChI is InChI=1S/C24H26BrNO4/c1-15(2)30-13-5-12-26-21(18-7-4-6-16(3)14-18)20(23(28)24(26)29)22(27)17-8-10-19(25)11-9-17/h4,6-11,14-15,21,27H,5,12-13H2,1-3H3/b22-20-. The summed E-state index contributed by atoms with van der Waals surface area (Å²) in [4.78, 5) is 27.4. The fraction of sp³-hybridized carbons (Fsp3) is 0.333. The zero-order valence-corrected chi connectivity index (χ0v) is 19.0. The van der Waals surface area contributed by atoms with E-state index in [1.807, 2.05) is 45.0 Å². The van der Waals surface area contributed by atoms with Crippen LogP contribution in [0.2, 0.25) is 0 Å². The molecule has 0 aromatic heterocycles. The van der Waals surface area contributed by atoms with Crippen molar-refractivity contribution in [2.75, 3.05) is 13.2 Å². The number of ketones is 1. The number of Topliss-reactive ketones (excluding diaryl/α,β-unsaturated/α-hetero) is 1. The Morgan fingerprint density at radius 2 is 1.87 bits per heavy atom. The van der Waals surface area contributed by atoms with E-state index in [1.165, 1.54) is 0 Å². The lowest BCUT2D eigenvalue weighted by Gasteiger charge is -2.25. The van der Waals surface area contributed by atoms with Gasteiger partial charge in [0.1, 0.15) is 5.76 Å². The van der Waals surface area contributed by atoms with Gasteiger partial charge in [-0.2, -0.15) is 0 Å². The number of hydrogen-bond donors (Lipinski definition) is 1. The number of aliphatic hydroxyl groups excluding tert-OH is 1. The zero-order chi connectivity index (χ0) is 21.8. The predicted molar refractivity (Wildman–Crippen MR) is 120 cm³/mol. The summed E-state index contributed by atoms with van der Waals surface area (Å²) in [5, 5.41) is 11.0. The molecule has 1 aliphatic heterocycles. The van der Waals surface area contributed by atoms with Crippen molar-refractivity contribution < 1.29 is 19.4 Å². The first kappa shape index (κ1) is 22.2. The van der Waals surface area contributed by atoms with Crippen molar-refractivity contribution in [2.24, 2.45) is 0 Å². The van der Waals surface area contributed by atoms with E-state index in [1.54, 1.807) is 29.2 Å². The minimum absolute atomic E-state index is 0.102. The molecule has 1 amide bonds. The van der Waals surface area contributed by atoms with Gasteiger partial charge in [0.25, 0.3) is 11.7 Å². The quantitative estimate of drug-likeness (QED) is 0.267. The number of ether oxygens (including phenoxy) is 1. The van der Waals surface area contributed by atoms with Crippen LogP contribution in [0.15, 0.2) is 58.6 Å². The summed E-state index contributed by atoms with van der Waals surface area (Å²) in [5.41, 5.74) is 2.44. The predicted octanol–water partition coefficient (Wildman–Crippen LogP) is 4.99. The second-order valence-electron chi connectivity index (χ2n) is 7.69. The topological polar surface area (TPSA) is 66.8 Å². The van der Waals surface area contributed by atoms with Crippen molar-refractivity contribution in [1.29, 1.82) is 0 Å². The van der Waals surface area contributed by atoms with Gasteiger partial charge in [0.05, 0.1) is 17.7 Å². The lowest BCUT2D eigenvalue weighted by Crippen LogP contribution is -2.31. The highest BCUT2D eigenvalue weighted by Crippen LogP contribution is 2.39. The summed E-state index contributed by atoms with van der Waals surface area (Å²) in [6, 6.07) is 14.1. The van der Waals surface area contributed by atoms with Gasteiger partial charge < -0.3 is 14.7 Å². The molecule has 5 nitrogen and oxygen atoms in total. The second-order valence-corrected chi connectivity index (χ2v) is 8.60. The summed E-state index contributed by atoms with van der Waals surface area (Å²) < 4.78 is 6.45. The van der Waals surface area contributed by atoms with E-state index in [0.29, 0.717) is 25.1 Å². The molecule has 0 saturated carbocycles. The van der Waals surface area contributed by atoms with E-state index in [4.69, 9.17) is 4.74 Å². The Bertz CT molecular complexity index is 965. The van der Waals surface area contributed by atoms with Crippen molar-refractivity contribution in [3.05, 3.63) is 75.3 Å². The number of carbonyl (C=O) groups excluding carboxylic acids is 2. The number of aliphatic hydroxyl groups is 1. The highest BCUT2D eigenvalue weighted by molar-refractivity contribution is 9.10. The van der Waals surface area contributed by atoms with Crippen molar-refractivity contribution in [3.8, 4) is 0 Å². The van der Waals surface area contributed by atoms with Crippen LogP contribution >= 0.6 is 15.9 Å². The normalized spacial score (nSPS) is 18.4. The molecule has 0 bridgehead atoms. The number of hydrogen-bond acceptors (Lipinski definition) is 4. The first-order valence-corrected chi connectivity index (χ1v) is 10.8. The maximum Gasteiger partial charge on any atom is 0.295 e. The van der Waals surface area contributed by atoms with E-state index in [-0.39, 0.29) is 17.4 Å². The summed E-state index contributed by atoms with van der Waals surface area (Å²) in [7, 11) is 0. The maximum absolute atomic E-state index is 13.0. The highest BCUT2D eigenvalue weighted by Gasteiger charge is 2.45. The Morgan fingerprint density at radius 3 is 2.50 bits per heavy atom. The minimum atomic E-state index is -0.660. The maximum atomic E-state index is 13.0. The van der Waals surface area contributed by atoms with Crippen molar-refractivity contribution in [2.45, 2.75) is 39.3 Å². The molecule has 1 heterocycles. The molecule has 1 saturated heterocycles. The Morgan fingerprint density at radius 1 is 1.17 bits per heavy atom. The van der Waals surface area contributed by atoms with E-state index in [9.17, 15) is 14.7 Å². The molecule has 0 aliphatic carbocycles. The number of likely N-dealkylation sites (tertiary alicyclic amines) is 1. The van der Waals surface area contributed by atoms with E-state index < -0.39 is 17.7 Å². The zero-order valence-electron chi connectivity index (χ0n) is 17.4. The largest absolute Gasteiger partial charge is 0.507 e. The number of benzene rings is 2. The van der Waals surface area contributed by atoms with E-state index in [0.717, 1.165) is 15.6 Å². The molecule has 2 aromatic rings. The Kier molecular flexibility index (Phi) is 7.10. The molecule has 1 aliphatic rings. The fourth-order valence-corrected chi connectivity index (χ4v) is 3.88. The summed E-state index contributed by atoms with van der Waals surface area (Å²) >= 11 is 3.37. The van der Waals surface area contributed by atoms with Crippen LogP contribution in [0.5, 0.6) is 0 Å². The van der Waals surface area contributed by atoms with Gasteiger partial charge in [0.15, 0.2) is 0 Å². The van der Waals surface area contributed by atoms with Gasteiger partial charge in [0.2, 0.25) is 0 Å². The molecule has 1 N–H and O–H groups in total. The highest BCUT2D eigenvalue weighted by atomic mass is 79.9. The first-order valence-electron chi connectivity index (χ1n) is 10.0. The SMILES string of the molecule is Cc1cccc(C2/C(=C(/O)c3ccc(Br)cc3)C(=O)C(=O)N2CCCOC(C)C)c1. The van der Waals surface area contributed by atoms with Gasteiger partial charge in [-0.05, 0) is 44.9 Å². The number of nitrogens with zero attached hydrogens (tertiary/aromatic N) is 1. The first-order chi connectivity index (χ1) is 14.3. The van der Waals surface area contributed by atoms with Gasteiger partial charge in [-0.3, -0.25) is 9.59 Å². The van der Waals surface area contributed by atoms with Crippen LogP contribution in [0.4, 0.5) is 0 Å². The van der Waals surface area contributed by atoms with Crippen LogP contribution in [0.25, 0.3) is 5.76 Å². The minimum Gasteiger partial charge on any atom is -0.507 e. The smallest absolute Gasteiger partial charge is 0.295 e. The van der Waals surface area contributed by atoms with Crippen LogP contribution in [0.3, 0.4) is 0 Å². The molecule has 1 unspecified atom stereocenters. The molecular formula is C24H26BrNO4. The Hall–Kier alpha value is -2.44. The number of amides is 1. The van der Waals surface area contributed by atoms with Gasteiger partial charge in [-0.25, -0.2) is 0 Å². The van der Waals surface area contributed by atoms with E-state index in [2.05, 4.69) is 15.9 Å². The number of halogens is 1. The van der Waals surface area contributed by atoms with E-state index >= 15 is 0 Å². The molecule has 158 valence electrons. The van der Waals surface area contributed by atoms with Crippen LogP contribution in [0.1, 0.15) is 43.0 Å². The lowest BCUT2D eigenvalue weighted by molar-refractivity contribution is -0.140. The third kappa shape index (κ3) is 4.82. The molecule has 3 rings (SSSR count). The average molecular weight is 472 g/mol. The van der Waals surface area contributed by atoms with Gasteiger partial charge in [0, 0.05) is 23.2 Å². The van der Waals surface area contributed by atoms with Crippen LogP contribution in [-0.2, 0) is 14.3 Å². The molecule has 6 heteroatoms. The van der Waals surface area contributed by atoms with Gasteiger partial charge in [-0.15, -0.1) is 0 Å². The molecule has 0 spiro atoms. The van der Waals surface area contributed by atoms with Crippen LogP contribution < -0.4 is 0 Å². The molecule has 0 radical (unpaired) electrons.